The van der Waals surface area contributed by atoms with Gasteiger partial charge in [-0.2, -0.15) is 4.31 Å². The van der Waals surface area contributed by atoms with E-state index >= 15 is 0 Å². The molecule has 0 radical (unpaired) electrons. The minimum atomic E-state index is -3.88. The molecule has 3 rings (SSSR count). The molecule has 2 fully saturated rings. The lowest BCUT2D eigenvalue weighted by molar-refractivity contribution is -0.132. The zero-order valence-corrected chi connectivity index (χ0v) is 22.8. The summed E-state index contributed by atoms with van der Waals surface area (Å²) in [5.74, 6) is -0.411. The molecule has 1 spiro atoms. The van der Waals surface area contributed by atoms with Crippen LogP contribution in [0.2, 0.25) is 0 Å². The van der Waals surface area contributed by atoms with E-state index < -0.39 is 21.4 Å². The van der Waals surface area contributed by atoms with E-state index in [4.69, 9.17) is 0 Å². The molecular weight excluding hydrogens is 474 g/mol. The smallest absolute Gasteiger partial charge is 0.246 e. The number of aliphatic hydroxyl groups excluding tert-OH is 1. The number of aliphatic hydroxyl groups is 1. The fourth-order valence-electron chi connectivity index (χ4n) is 4.02. The van der Waals surface area contributed by atoms with E-state index in [1.54, 1.807) is 0 Å². The molecule has 0 aliphatic carbocycles. The SMILES string of the molecule is C/C=C\C=C/C.C=C/C(O)=C(\C=C)S(=O)(=O)N1CCC2(CC1)NCC(=O)N2Cc1ccccc1.CC. The van der Waals surface area contributed by atoms with E-state index in [9.17, 15) is 18.3 Å². The Kier molecular flexibility index (Phi) is 13.2. The van der Waals surface area contributed by atoms with Gasteiger partial charge >= 0.3 is 0 Å². The molecule has 2 aliphatic heterocycles. The van der Waals surface area contributed by atoms with Gasteiger partial charge in [0.1, 0.15) is 10.7 Å². The molecule has 0 unspecified atom stereocenters. The topological polar surface area (TPSA) is 90.0 Å². The van der Waals surface area contributed by atoms with E-state index in [0.717, 1.165) is 17.7 Å². The second-order valence-electron chi connectivity index (χ2n) is 7.96. The number of piperidine rings is 1. The van der Waals surface area contributed by atoms with Gasteiger partial charge in [-0.15, -0.1) is 0 Å². The van der Waals surface area contributed by atoms with E-state index in [0.29, 0.717) is 19.4 Å². The highest BCUT2D eigenvalue weighted by Crippen LogP contribution is 2.34. The Morgan fingerprint density at radius 2 is 1.61 bits per heavy atom. The molecular formula is C28H41N3O4S. The van der Waals surface area contributed by atoms with Crippen molar-refractivity contribution >= 4 is 15.9 Å². The van der Waals surface area contributed by atoms with Gasteiger partial charge in [-0.05, 0) is 44.4 Å². The third kappa shape index (κ3) is 7.78. The molecule has 2 aliphatic rings. The fraction of sp³-hybridized carbons (Fsp3) is 0.393. The van der Waals surface area contributed by atoms with Crippen molar-refractivity contribution in [3.63, 3.8) is 0 Å². The van der Waals surface area contributed by atoms with Gasteiger partial charge in [0.2, 0.25) is 15.9 Å². The van der Waals surface area contributed by atoms with Gasteiger partial charge in [-0.1, -0.05) is 81.6 Å². The molecule has 0 saturated carbocycles. The summed E-state index contributed by atoms with van der Waals surface area (Å²) < 4.78 is 27.0. The van der Waals surface area contributed by atoms with Crippen molar-refractivity contribution in [3.05, 3.63) is 96.2 Å². The number of sulfonamides is 1. The van der Waals surface area contributed by atoms with E-state index in [1.807, 2.05) is 87.2 Å². The average Bonchev–Trinajstić information content (AvgIpc) is 3.19. The van der Waals surface area contributed by atoms with Gasteiger partial charge in [0.15, 0.2) is 0 Å². The molecule has 0 atom stereocenters. The Morgan fingerprint density at radius 1 is 1.06 bits per heavy atom. The van der Waals surface area contributed by atoms with Crippen LogP contribution in [0.1, 0.15) is 46.1 Å². The van der Waals surface area contributed by atoms with Crippen LogP contribution in [-0.4, -0.2) is 53.9 Å². The molecule has 0 bridgehead atoms. The third-order valence-electron chi connectivity index (χ3n) is 5.86. The van der Waals surface area contributed by atoms with Crippen molar-refractivity contribution in [3.8, 4) is 0 Å². The first kappa shape index (κ1) is 31.1. The summed E-state index contributed by atoms with van der Waals surface area (Å²) in [6.07, 6.45) is 11.1. The summed E-state index contributed by atoms with van der Waals surface area (Å²) in [7, 11) is -3.88. The maximum absolute atomic E-state index is 12.8. The molecule has 36 heavy (non-hydrogen) atoms. The molecule has 8 heteroatoms. The summed E-state index contributed by atoms with van der Waals surface area (Å²) in [6.45, 7) is 16.1. The Bertz CT molecular complexity index is 1040. The van der Waals surface area contributed by atoms with Gasteiger partial charge < -0.3 is 10.0 Å². The third-order valence-corrected chi connectivity index (χ3v) is 7.84. The van der Waals surface area contributed by atoms with E-state index in [2.05, 4.69) is 18.5 Å². The van der Waals surface area contributed by atoms with Gasteiger partial charge in [0.25, 0.3) is 0 Å². The zero-order valence-electron chi connectivity index (χ0n) is 22.0. The van der Waals surface area contributed by atoms with Crippen LogP contribution in [0.25, 0.3) is 0 Å². The largest absolute Gasteiger partial charge is 0.507 e. The molecule has 2 saturated heterocycles. The number of carbonyl (C=O) groups is 1. The molecule has 1 amide bonds. The van der Waals surface area contributed by atoms with Crippen LogP contribution >= 0.6 is 0 Å². The maximum atomic E-state index is 12.8. The quantitative estimate of drug-likeness (QED) is 0.392. The Labute approximate surface area is 217 Å². The predicted molar refractivity (Wildman–Crippen MR) is 148 cm³/mol. The zero-order chi connectivity index (χ0) is 27.2. The number of hydrogen-bond acceptors (Lipinski definition) is 5. The molecule has 7 nitrogen and oxygen atoms in total. The molecule has 198 valence electrons. The Morgan fingerprint density at radius 3 is 2.08 bits per heavy atom. The highest BCUT2D eigenvalue weighted by Gasteiger charge is 2.48. The molecule has 0 aromatic heterocycles. The van der Waals surface area contributed by atoms with Crippen LogP contribution in [0.5, 0.6) is 0 Å². The normalized spacial score (nSPS) is 18.3. The minimum Gasteiger partial charge on any atom is -0.507 e. The van der Waals surface area contributed by atoms with Crippen molar-refractivity contribution < 1.29 is 18.3 Å². The molecule has 2 N–H and O–H groups in total. The monoisotopic (exact) mass is 515 g/mol. The first-order chi connectivity index (χ1) is 17.3. The highest BCUT2D eigenvalue weighted by atomic mass is 32.2. The van der Waals surface area contributed by atoms with Gasteiger partial charge in [0.05, 0.1) is 12.2 Å². The molecule has 1 aromatic carbocycles. The number of amides is 1. The predicted octanol–water partition coefficient (Wildman–Crippen LogP) is 5.05. The minimum absolute atomic E-state index is 0.0103. The summed E-state index contributed by atoms with van der Waals surface area (Å²) in [6, 6.07) is 9.73. The lowest BCUT2D eigenvalue weighted by Gasteiger charge is -2.44. The molecule has 2 heterocycles. The second-order valence-corrected chi connectivity index (χ2v) is 9.87. The maximum Gasteiger partial charge on any atom is 0.246 e. The molecule has 1 aromatic rings. The first-order valence-electron chi connectivity index (χ1n) is 12.3. The van der Waals surface area contributed by atoms with Crippen LogP contribution < -0.4 is 5.32 Å². The number of hydrogen-bond donors (Lipinski definition) is 2. The van der Waals surface area contributed by atoms with Crippen molar-refractivity contribution in [2.75, 3.05) is 19.6 Å². The van der Waals surface area contributed by atoms with E-state index in [-0.39, 0.29) is 30.4 Å². The number of nitrogens with one attached hydrogen (secondary N) is 1. The van der Waals surface area contributed by atoms with Crippen LogP contribution in [-0.2, 0) is 21.4 Å². The Balaban J connectivity index is 0.000000710. The Hall–Kier alpha value is -2.94. The van der Waals surface area contributed by atoms with Gasteiger partial charge in [-0.25, -0.2) is 8.42 Å². The first-order valence-corrected chi connectivity index (χ1v) is 13.7. The summed E-state index contributed by atoms with van der Waals surface area (Å²) in [4.78, 5) is 14.0. The van der Waals surface area contributed by atoms with Gasteiger partial charge in [0, 0.05) is 19.6 Å². The van der Waals surface area contributed by atoms with Crippen LogP contribution in [0.4, 0.5) is 0 Å². The van der Waals surface area contributed by atoms with Crippen LogP contribution in [0, 0.1) is 0 Å². The number of rotatable bonds is 7. The van der Waals surface area contributed by atoms with Crippen molar-refractivity contribution in [1.82, 2.24) is 14.5 Å². The summed E-state index contributed by atoms with van der Waals surface area (Å²) in [5, 5.41) is 13.1. The lowest BCUT2D eigenvalue weighted by Crippen LogP contribution is -2.58. The average molecular weight is 516 g/mol. The van der Waals surface area contributed by atoms with Crippen LogP contribution in [0.15, 0.2) is 90.6 Å². The van der Waals surface area contributed by atoms with Crippen molar-refractivity contribution in [1.29, 1.82) is 0 Å². The van der Waals surface area contributed by atoms with Crippen molar-refractivity contribution in [2.24, 2.45) is 0 Å². The van der Waals surface area contributed by atoms with Crippen LogP contribution in [0.3, 0.4) is 0 Å². The standard InChI is InChI=1S/C20H25N3O4S.C6H10.C2H6/c1-3-17(24)18(4-2)28(26,27)22-12-10-20(11-13-22)21-14-19(25)23(20)15-16-8-6-5-7-9-16;1-3-5-6-4-2;1-2/h3-9,21,24H,1-2,10-15H2;3-6H,1-2H3;1-2H3/b18-17-;5-3-,6-4-;. The van der Waals surface area contributed by atoms with Gasteiger partial charge in [-0.3, -0.25) is 10.1 Å². The number of nitrogens with zero attached hydrogens (tertiary/aromatic N) is 2. The second kappa shape index (κ2) is 15.2. The highest BCUT2D eigenvalue weighted by molar-refractivity contribution is 7.93. The fourth-order valence-corrected chi connectivity index (χ4v) is 5.52. The number of carbonyl (C=O) groups excluding carboxylic acids is 1. The number of allylic oxidation sites excluding steroid dienone is 6. The lowest BCUT2D eigenvalue weighted by atomic mass is 9.96. The number of benzene rings is 1. The summed E-state index contributed by atoms with van der Waals surface area (Å²) >= 11 is 0. The van der Waals surface area contributed by atoms with Crippen molar-refractivity contribution in [2.45, 2.75) is 52.7 Å². The van der Waals surface area contributed by atoms with E-state index in [1.165, 1.54) is 4.31 Å². The summed E-state index contributed by atoms with van der Waals surface area (Å²) in [5.41, 5.74) is 0.471.